The van der Waals surface area contributed by atoms with Crippen LogP contribution in [0.5, 0.6) is 0 Å². The Bertz CT molecular complexity index is 1170. The zero-order valence-corrected chi connectivity index (χ0v) is 18.9. The Kier molecular flexibility index (Phi) is 6.79. The van der Waals surface area contributed by atoms with E-state index in [1.165, 1.54) is 24.3 Å². The number of anilines is 1. The Hall–Kier alpha value is -2.48. The predicted octanol–water partition coefficient (Wildman–Crippen LogP) is 5.48. The Morgan fingerprint density at radius 2 is 1.72 bits per heavy atom. The predicted molar refractivity (Wildman–Crippen MR) is 122 cm³/mol. The normalized spacial score (nSPS) is 17.3. The maximum atomic E-state index is 14.8. The van der Waals surface area contributed by atoms with Crippen LogP contribution in [0.15, 0.2) is 77.7 Å². The quantitative estimate of drug-likeness (QED) is 0.473. The fourth-order valence-corrected chi connectivity index (χ4v) is 5.90. The summed E-state index contributed by atoms with van der Waals surface area (Å²) in [6, 6.07) is 17.9. The smallest absolute Gasteiger partial charge is 0.264 e. The van der Waals surface area contributed by atoms with Crippen LogP contribution < -0.4 is 4.31 Å². The number of sulfonamides is 1. The van der Waals surface area contributed by atoms with Gasteiger partial charge in [0.15, 0.2) is 0 Å². The standard InChI is InChI=1S/C24H23ClF2N2O2S/c25-19-8-11-22(12-9-19)32(30,31)29(24-15-20(26)10-13-23(24)27)21-7-4-14-28(17-21)16-18-5-2-1-3-6-18/h1-3,5-6,8-13,15,21H,4,7,14,16-17H2. The third kappa shape index (κ3) is 4.95. The van der Waals surface area contributed by atoms with Crippen LogP contribution in [0.25, 0.3) is 0 Å². The maximum absolute atomic E-state index is 14.8. The van der Waals surface area contributed by atoms with Crippen molar-refractivity contribution in [2.45, 2.75) is 30.3 Å². The minimum Gasteiger partial charge on any atom is -0.297 e. The fraction of sp³-hybridized carbons (Fsp3) is 0.250. The Balaban J connectivity index is 1.72. The molecule has 4 rings (SSSR count). The van der Waals surface area contributed by atoms with Crippen molar-refractivity contribution >= 4 is 27.3 Å². The maximum Gasteiger partial charge on any atom is 0.264 e. The molecule has 1 aliphatic heterocycles. The van der Waals surface area contributed by atoms with E-state index in [2.05, 4.69) is 4.90 Å². The van der Waals surface area contributed by atoms with Crippen LogP contribution in [-0.4, -0.2) is 32.4 Å². The minimum absolute atomic E-state index is 0.0225. The first-order valence-corrected chi connectivity index (χ1v) is 12.2. The molecule has 8 heteroatoms. The molecule has 0 bridgehead atoms. The summed E-state index contributed by atoms with van der Waals surface area (Å²) in [4.78, 5) is 2.12. The van der Waals surface area contributed by atoms with Crippen molar-refractivity contribution in [3.05, 3.63) is 95.0 Å². The molecule has 1 fully saturated rings. The lowest BCUT2D eigenvalue weighted by atomic mass is 10.0. The van der Waals surface area contributed by atoms with Crippen LogP contribution in [0, 0.1) is 11.6 Å². The zero-order valence-electron chi connectivity index (χ0n) is 17.3. The number of hydrogen-bond acceptors (Lipinski definition) is 3. The second kappa shape index (κ2) is 9.57. The van der Waals surface area contributed by atoms with Crippen LogP contribution in [-0.2, 0) is 16.6 Å². The molecule has 0 spiro atoms. The summed E-state index contributed by atoms with van der Waals surface area (Å²) in [6.07, 6.45) is 1.27. The molecule has 32 heavy (non-hydrogen) atoms. The van der Waals surface area contributed by atoms with E-state index in [4.69, 9.17) is 11.6 Å². The van der Waals surface area contributed by atoms with E-state index < -0.39 is 27.7 Å². The molecule has 168 valence electrons. The molecule has 0 aliphatic carbocycles. The first-order chi connectivity index (χ1) is 15.3. The summed E-state index contributed by atoms with van der Waals surface area (Å²) in [5.74, 6) is -1.49. The van der Waals surface area contributed by atoms with Crippen LogP contribution >= 0.6 is 11.6 Å². The van der Waals surface area contributed by atoms with E-state index >= 15 is 0 Å². The van der Waals surface area contributed by atoms with Crippen molar-refractivity contribution in [1.82, 2.24) is 4.90 Å². The summed E-state index contributed by atoms with van der Waals surface area (Å²) in [5, 5.41) is 0.388. The van der Waals surface area contributed by atoms with E-state index in [0.717, 1.165) is 41.0 Å². The molecule has 0 aromatic heterocycles. The second-order valence-electron chi connectivity index (χ2n) is 7.87. The lowest BCUT2D eigenvalue weighted by Gasteiger charge is -2.40. The molecule has 0 radical (unpaired) electrons. The molecule has 0 N–H and O–H groups in total. The van der Waals surface area contributed by atoms with E-state index in [0.29, 0.717) is 24.5 Å². The summed E-state index contributed by atoms with van der Waals surface area (Å²) < 4.78 is 57.2. The van der Waals surface area contributed by atoms with E-state index in [9.17, 15) is 17.2 Å². The van der Waals surface area contributed by atoms with Crippen LogP contribution in [0.2, 0.25) is 5.02 Å². The SMILES string of the molecule is O=S(=O)(c1ccc(Cl)cc1)N(c1cc(F)ccc1F)C1CCCN(Cc2ccccc2)C1. The monoisotopic (exact) mass is 476 g/mol. The molecule has 3 aromatic carbocycles. The van der Waals surface area contributed by atoms with Gasteiger partial charge in [0.25, 0.3) is 10.0 Å². The third-order valence-corrected chi connectivity index (χ3v) is 7.71. The van der Waals surface area contributed by atoms with Crippen LogP contribution in [0.1, 0.15) is 18.4 Å². The van der Waals surface area contributed by atoms with Crippen molar-refractivity contribution in [2.24, 2.45) is 0 Å². The van der Waals surface area contributed by atoms with Gasteiger partial charge in [-0.15, -0.1) is 0 Å². The number of piperidine rings is 1. The fourth-order valence-electron chi connectivity index (χ4n) is 4.11. The lowest BCUT2D eigenvalue weighted by molar-refractivity contribution is 0.202. The number of halogens is 3. The van der Waals surface area contributed by atoms with Gasteiger partial charge in [-0.2, -0.15) is 0 Å². The number of hydrogen-bond donors (Lipinski definition) is 0. The summed E-state index contributed by atoms with van der Waals surface area (Å²) in [7, 11) is -4.16. The van der Waals surface area contributed by atoms with E-state index in [1.54, 1.807) is 0 Å². The molecule has 4 nitrogen and oxygen atoms in total. The highest BCUT2D eigenvalue weighted by Crippen LogP contribution is 2.33. The first kappa shape index (κ1) is 22.7. The molecule has 3 aromatic rings. The third-order valence-electron chi connectivity index (χ3n) is 5.58. The highest BCUT2D eigenvalue weighted by Gasteiger charge is 2.36. The Labute approximate surface area is 192 Å². The molecule has 0 saturated carbocycles. The number of benzene rings is 3. The van der Waals surface area contributed by atoms with Gasteiger partial charge in [0, 0.05) is 24.2 Å². The van der Waals surface area contributed by atoms with Gasteiger partial charge in [-0.1, -0.05) is 41.9 Å². The van der Waals surface area contributed by atoms with Crippen molar-refractivity contribution in [1.29, 1.82) is 0 Å². The van der Waals surface area contributed by atoms with Gasteiger partial charge in [-0.25, -0.2) is 17.2 Å². The average molecular weight is 477 g/mol. The van der Waals surface area contributed by atoms with Crippen molar-refractivity contribution < 1.29 is 17.2 Å². The van der Waals surface area contributed by atoms with Gasteiger partial charge in [0.2, 0.25) is 0 Å². The van der Waals surface area contributed by atoms with Crippen molar-refractivity contribution in [2.75, 3.05) is 17.4 Å². The summed E-state index contributed by atoms with van der Waals surface area (Å²) in [5.41, 5.74) is 0.823. The first-order valence-electron chi connectivity index (χ1n) is 10.4. The topological polar surface area (TPSA) is 40.6 Å². The van der Waals surface area contributed by atoms with Crippen molar-refractivity contribution in [3.8, 4) is 0 Å². The lowest BCUT2D eigenvalue weighted by Crippen LogP contribution is -2.50. The second-order valence-corrected chi connectivity index (χ2v) is 10.1. The van der Waals surface area contributed by atoms with E-state index in [-0.39, 0.29) is 10.6 Å². The molecular formula is C24H23ClF2N2O2S. The van der Waals surface area contributed by atoms with E-state index in [1.807, 2.05) is 30.3 Å². The highest BCUT2D eigenvalue weighted by molar-refractivity contribution is 7.92. The molecule has 1 atom stereocenters. The van der Waals surface area contributed by atoms with Crippen molar-refractivity contribution in [3.63, 3.8) is 0 Å². The largest absolute Gasteiger partial charge is 0.297 e. The average Bonchev–Trinajstić information content (AvgIpc) is 2.77. The van der Waals surface area contributed by atoms with Gasteiger partial charge >= 0.3 is 0 Å². The highest BCUT2D eigenvalue weighted by atomic mass is 35.5. The zero-order chi connectivity index (χ0) is 22.7. The molecule has 1 unspecified atom stereocenters. The number of rotatable bonds is 6. The van der Waals surface area contributed by atoms with Crippen LogP contribution in [0.3, 0.4) is 0 Å². The summed E-state index contributed by atoms with van der Waals surface area (Å²) in [6.45, 7) is 1.85. The summed E-state index contributed by atoms with van der Waals surface area (Å²) >= 11 is 5.92. The minimum atomic E-state index is -4.16. The number of nitrogens with zero attached hydrogens (tertiary/aromatic N) is 2. The van der Waals surface area contributed by atoms with Gasteiger partial charge in [-0.3, -0.25) is 9.21 Å². The van der Waals surface area contributed by atoms with Gasteiger partial charge in [0.1, 0.15) is 11.6 Å². The molecular weight excluding hydrogens is 454 g/mol. The molecule has 0 amide bonds. The Morgan fingerprint density at radius 3 is 2.44 bits per heavy atom. The Morgan fingerprint density at radius 1 is 1.00 bits per heavy atom. The van der Waals surface area contributed by atoms with Gasteiger partial charge in [0.05, 0.1) is 16.6 Å². The molecule has 1 aliphatic rings. The molecule has 1 heterocycles. The molecule has 1 saturated heterocycles. The van der Waals surface area contributed by atoms with Gasteiger partial charge < -0.3 is 0 Å². The van der Waals surface area contributed by atoms with Gasteiger partial charge in [-0.05, 0) is 61.3 Å². The van der Waals surface area contributed by atoms with Crippen LogP contribution in [0.4, 0.5) is 14.5 Å². The number of likely N-dealkylation sites (tertiary alicyclic amines) is 1.